The Kier molecular flexibility index (Phi) is 37.0. The number of esters is 2. The summed E-state index contributed by atoms with van der Waals surface area (Å²) in [6.07, 6.45) is 51.7. The number of carbonyl (C=O) groups excluding carboxylic acids is 2. The average molecular weight is 769 g/mol. The first-order valence-corrected chi connectivity index (χ1v) is 23.4. The molecule has 6 heteroatoms. The van der Waals surface area contributed by atoms with E-state index in [0.29, 0.717) is 45.2 Å². The van der Waals surface area contributed by atoms with Crippen molar-refractivity contribution in [3.05, 3.63) is 48.6 Å². The Morgan fingerprint density at radius 3 is 1.35 bits per heavy atom. The number of allylic oxidation sites excluding steroid dienone is 8. The second-order valence-electron chi connectivity index (χ2n) is 16.0. The third kappa shape index (κ3) is 34.8. The largest absolute Gasteiger partial charge is 0.466 e. The van der Waals surface area contributed by atoms with E-state index in [0.717, 1.165) is 58.0 Å². The van der Waals surface area contributed by atoms with E-state index in [1.807, 2.05) is 0 Å². The van der Waals surface area contributed by atoms with Crippen LogP contribution in [0.25, 0.3) is 0 Å². The molecule has 1 atom stereocenters. The maximum atomic E-state index is 12.6. The molecule has 0 aliphatic carbocycles. The van der Waals surface area contributed by atoms with Crippen LogP contribution in [0, 0.1) is 0 Å². The number of carbonyl (C=O) groups is 2. The van der Waals surface area contributed by atoms with E-state index in [1.165, 1.54) is 128 Å². The van der Waals surface area contributed by atoms with E-state index in [-0.39, 0.29) is 11.9 Å². The van der Waals surface area contributed by atoms with Gasteiger partial charge in [-0.05, 0) is 116 Å². The molecule has 55 heavy (non-hydrogen) atoms. The summed E-state index contributed by atoms with van der Waals surface area (Å²) in [4.78, 5) is 29.9. The lowest BCUT2D eigenvalue weighted by atomic mass is 10.1. The van der Waals surface area contributed by atoms with Crippen LogP contribution in [0.1, 0.15) is 200 Å². The molecule has 0 bridgehead atoms. The molecule has 0 aromatic rings. The van der Waals surface area contributed by atoms with Crippen LogP contribution in [0.2, 0.25) is 0 Å². The zero-order chi connectivity index (χ0) is 39.7. The van der Waals surface area contributed by atoms with Crippen LogP contribution in [0.4, 0.5) is 0 Å². The molecule has 0 amide bonds. The van der Waals surface area contributed by atoms with Crippen molar-refractivity contribution < 1.29 is 19.1 Å². The zero-order valence-electron chi connectivity index (χ0n) is 36.5. The van der Waals surface area contributed by atoms with Gasteiger partial charge in [0.25, 0.3) is 0 Å². The van der Waals surface area contributed by atoms with Crippen LogP contribution < -0.4 is 0 Å². The standard InChI is InChI=1S/C49H88N2O4/c1-4-6-8-10-12-14-16-18-20-22-24-26-28-30-32-34-45-54-48(52)39-43-51(42-38-47-37-36-41-50(47)3)44-40-49(53)55-46-35-33-31-29-27-25-23-21-19-17-15-13-11-9-7-5-2/h12-15,18-21,47H,4-11,16-17,22-46H2,1-3H3/b14-12-,15-13-,20-18-,21-19-. The molecule has 318 valence electrons. The van der Waals surface area contributed by atoms with Crippen molar-refractivity contribution in [2.75, 3.05) is 46.4 Å². The molecule has 0 saturated carbocycles. The van der Waals surface area contributed by atoms with Gasteiger partial charge in [-0.2, -0.15) is 0 Å². The van der Waals surface area contributed by atoms with Crippen molar-refractivity contribution in [2.45, 2.75) is 206 Å². The number of ether oxygens (including phenoxy) is 2. The molecule has 6 nitrogen and oxygen atoms in total. The number of hydrogen-bond acceptors (Lipinski definition) is 6. The van der Waals surface area contributed by atoms with Crippen LogP contribution in [0.5, 0.6) is 0 Å². The van der Waals surface area contributed by atoms with E-state index in [9.17, 15) is 9.59 Å². The molecular weight excluding hydrogens is 681 g/mol. The number of likely N-dealkylation sites (tertiary alicyclic amines) is 1. The number of unbranched alkanes of at least 4 members (excludes halogenated alkanes) is 18. The Morgan fingerprint density at radius 2 is 0.945 bits per heavy atom. The summed E-state index contributed by atoms with van der Waals surface area (Å²) in [7, 11) is 2.21. The number of rotatable bonds is 39. The minimum Gasteiger partial charge on any atom is -0.466 e. The quantitative estimate of drug-likeness (QED) is 0.0353. The van der Waals surface area contributed by atoms with Gasteiger partial charge in [0, 0.05) is 19.1 Å². The first-order valence-electron chi connectivity index (χ1n) is 23.4. The second-order valence-corrected chi connectivity index (χ2v) is 16.0. The minimum atomic E-state index is -0.120. The summed E-state index contributed by atoms with van der Waals surface area (Å²) < 4.78 is 11.2. The lowest BCUT2D eigenvalue weighted by Crippen LogP contribution is -2.34. The second kappa shape index (κ2) is 40.0. The van der Waals surface area contributed by atoms with E-state index >= 15 is 0 Å². The van der Waals surface area contributed by atoms with Crippen molar-refractivity contribution >= 4 is 11.9 Å². The van der Waals surface area contributed by atoms with Gasteiger partial charge < -0.3 is 19.3 Å². The van der Waals surface area contributed by atoms with Crippen LogP contribution in [-0.2, 0) is 19.1 Å². The SMILES string of the molecule is CCCCC/C=C\C/C=C\CCCCCCCCOC(=O)CCN(CCC(=O)OCCCCCCCC/C=C\C/C=C\CCCCC)CCC1CCCN1C. The first-order chi connectivity index (χ1) is 27.1. The summed E-state index contributed by atoms with van der Waals surface area (Å²) in [5.74, 6) is -0.240. The van der Waals surface area contributed by atoms with Gasteiger partial charge in [-0.15, -0.1) is 0 Å². The molecule has 0 N–H and O–H groups in total. The maximum Gasteiger partial charge on any atom is 0.307 e. The Hall–Kier alpha value is -2.18. The zero-order valence-corrected chi connectivity index (χ0v) is 36.5. The summed E-state index contributed by atoms with van der Waals surface area (Å²) in [5, 5.41) is 0. The smallest absolute Gasteiger partial charge is 0.307 e. The Bertz CT molecular complexity index is 923. The highest BCUT2D eigenvalue weighted by Crippen LogP contribution is 2.18. The van der Waals surface area contributed by atoms with Crippen LogP contribution in [0.3, 0.4) is 0 Å². The van der Waals surface area contributed by atoms with Gasteiger partial charge in [-0.1, -0.05) is 140 Å². The molecule has 0 aromatic carbocycles. The van der Waals surface area contributed by atoms with Gasteiger partial charge in [-0.3, -0.25) is 9.59 Å². The monoisotopic (exact) mass is 769 g/mol. The Balaban J connectivity index is 2.11. The maximum absolute atomic E-state index is 12.6. The van der Waals surface area contributed by atoms with Crippen molar-refractivity contribution in [2.24, 2.45) is 0 Å². The molecule has 1 aliphatic rings. The average Bonchev–Trinajstić information content (AvgIpc) is 3.60. The molecule has 1 rings (SSSR count). The van der Waals surface area contributed by atoms with Crippen LogP contribution >= 0.6 is 0 Å². The van der Waals surface area contributed by atoms with Crippen molar-refractivity contribution in [1.29, 1.82) is 0 Å². The fourth-order valence-corrected chi connectivity index (χ4v) is 7.21. The van der Waals surface area contributed by atoms with Gasteiger partial charge in [0.05, 0.1) is 26.1 Å². The number of nitrogens with zero attached hydrogens (tertiary/aromatic N) is 2. The highest BCUT2D eigenvalue weighted by molar-refractivity contribution is 5.70. The lowest BCUT2D eigenvalue weighted by molar-refractivity contribution is -0.144. The van der Waals surface area contributed by atoms with Gasteiger partial charge >= 0.3 is 11.9 Å². The molecule has 0 spiro atoms. The fourth-order valence-electron chi connectivity index (χ4n) is 7.21. The normalized spacial score (nSPS) is 15.2. The minimum absolute atomic E-state index is 0.120. The van der Waals surface area contributed by atoms with E-state index < -0.39 is 0 Å². The predicted molar refractivity (Wildman–Crippen MR) is 237 cm³/mol. The van der Waals surface area contributed by atoms with Gasteiger partial charge in [0.1, 0.15) is 0 Å². The lowest BCUT2D eigenvalue weighted by Gasteiger charge is -2.26. The van der Waals surface area contributed by atoms with E-state index in [2.05, 4.69) is 79.3 Å². The molecule has 1 heterocycles. The summed E-state index contributed by atoms with van der Waals surface area (Å²) >= 11 is 0. The van der Waals surface area contributed by atoms with Gasteiger partial charge in [0.2, 0.25) is 0 Å². The predicted octanol–water partition coefficient (Wildman–Crippen LogP) is 13.3. The van der Waals surface area contributed by atoms with Crippen LogP contribution in [-0.4, -0.2) is 74.2 Å². The third-order valence-electron chi connectivity index (χ3n) is 10.9. The highest BCUT2D eigenvalue weighted by atomic mass is 16.5. The fraction of sp³-hybridized carbons (Fsp3) is 0.796. The van der Waals surface area contributed by atoms with Crippen molar-refractivity contribution in [3.63, 3.8) is 0 Å². The van der Waals surface area contributed by atoms with Crippen molar-refractivity contribution in [3.8, 4) is 0 Å². The molecule has 0 aromatic heterocycles. The molecule has 0 radical (unpaired) electrons. The Morgan fingerprint density at radius 1 is 0.545 bits per heavy atom. The first kappa shape index (κ1) is 50.8. The molecule has 1 fully saturated rings. The van der Waals surface area contributed by atoms with Gasteiger partial charge in [0.15, 0.2) is 0 Å². The Labute approximate surface area is 341 Å². The van der Waals surface area contributed by atoms with Crippen LogP contribution in [0.15, 0.2) is 48.6 Å². The topological polar surface area (TPSA) is 59.1 Å². The molecule has 1 saturated heterocycles. The summed E-state index contributed by atoms with van der Waals surface area (Å²) in [6, 6.07) is 0.592. The van der Waals surface area contributed by atoms with E-state index in [1.54, 1.807) is 0 Å². The number of hydrogen-bond donors (Lipinski definition) is 0. The summed E-state index contributed by atoms with van der Waals surface area (Å²) in [5.41, 5.74) is 0. The highest BCUT2D eigenvalue weighted by Gasteiger charge is 2.22. The third-order valence-corrected chi connectivity index (χ3v) is 10.9. The van der Waals surface area contributed by atoms with E-state index in [4.69, 9.17) is 9.47 Å². The molecular formula is C49H88N2O4. The van der Waals surface area contributed by atoms with Crippen molar-refractivity contribution in [1.82, 2.24) is 9.80 Å². The van der Waals surface area contributed by atoms with Gasteiger partial charge in [-0.25, -0.2) is 0 Å². The molecule has 1 unspecified atom stereocenters. The molecule has 1 aliphatic heterocycles. The summed E-state index contributed by atoms with van der Waals surface area (Å²) in [6.45, 7) is 8.86.